The van der Waals surface area contributed by atoms with Crippen molar-refractivity contribution in [2.24, 2.45) is 0 Å². The molecule has 0 aliphatic carbocycles. The molecule has 2 aromatic heterocycles. The summed E-state index contributed by atoms with van der Waals surface area (Å²) in [6.45, 7) is 2.09. The molecule has 2 rings (SSSR count). The third-order valence-electron chi connectivity index (χ3n) is 2.49. The predicted molar refractivity (Wildman–Crippen MR) is 71.6 cm³/mol. The Morgan fingerprint density at radius 3 is 2.88 bits per heavy atom. The molecule has 0 fully saturated rings. The lowest BCUT2D eigenvalue weighted by molar-refractivity contribution is 0.401. The van der Waals surface area contributed by atoms with Gasteiger partial charge in [-0.1, -0.05) is 0 Å². The third-order valence-corrected chi connectivity index (χ3v) is 3.19. The first-order valence-corrected chi connectivity index (χ1v) is 6.24. The van der Waals surface area contributed by atoms with E-state index in [1.165, 1.54) is 5.56 Å². The number of anilines is 2. The smallest absolute Gasteiger partial charge is 0.238 e. The standard InChI is InChI=1S/C12H15N3OS/c1-8(9-5-6-17-7-9)14-11-4-3-10(13)12(15-11)16-2/h3-8H,13H2,1-2H3,(H,14,15). The van der Waals surface area contributed by atoms with Crippen molar-refractivity contribution < 1.29 is 4.74 Å². The van der Waals surface area contributed by atoms with Gasteiger partial charge in [0, 0.05) is 0 Å². The van der Waals surface area contributed by atoms with E-state index in [1.807, 2.05) is 6.07 Å². The molecular weight excluding hydrogens is 234 g/mol. The molecule has 0 aromatic carbocycles. The number of nitrogen functional groups attached to an aromatic ring is 1. The van der Waals surface area contributed by atoms with Gasteiger partial charge in [-0.15, -0.1) is 0 Å². The SMILES string of the molecule is COc1nc(NC(C)c2ccsc2)ccc1N. The Kier molecular flexibility index (Phi) is 3.49. The monoisotopic (exact) mass is 249 g/mol. The van der Waals surface area contributed by atoms with Gasteiger partial charge in [0.1, 0.15) is 5.82 Å². The fourth-order valence-electron chi connectivity index (χ4n) is 1.52. The van der Waals surface area contributed by atoms with Crippen LogP contribution >= 0.6 is 11.3 Å². The number of rotatable bonds is 4. The normalized spacial score (nSPS) is 12.1. The number of methoxy groups -OCH3 is 1. The number of hydrogen-bond acceptors (Lipinski definition) is 5. The highest BCUT2D eigenvalue weighted by Gasteiger charge is 2.08. The minimum atomic E-state index is 0.210. The fourth-order valence-corrected chi connectivity index (χ4v) is 2.28. The number of thiophene rings is 1. The zero-order chi connectivity index (χ0) is 12.3. The molecule has 0 bridgehead atoms. The third kappa shape index (κ3) is 2.68. The van der Waals surface area contributed by atoms with E-state index in [9.17, 15) is 0 Å². The highest BCUT2D eigenvalue weighted by atomic mass is 32.1. The lowest BCUT2D eigenvalue weighted by Crippen LogP contribution is -2.08. The summed E-state index contributed by atoms with van der Waals surface area (Å²) in [6, 6.07) is 5.94. The topological polar surface area (TPSA) is 60.2 Å². The zero-order valence-electron chi connectivity index (χ0n) is 9.81. The van der Waals surface area contributed by atoms with Crippen LogP contribution in [0.15, 0.2) is 29.0 Å². The van der Waals surface area contributed by atoms with Crippen LogP contribution in [0.1, 0.15) is 18.5 Å². The molecule has 1 atom stereocenters. The molecule has 0 spiro atoms. The second-order valence-electron chi connectivity index (χ2n) is 3.72. The van der Waals surface area contributed by atoms with Crippen molar-refractivity contribution in [3.05, 3.63) is 34.5 Å². The molecule has 17 heavy (non-hydrogen) atoms. The average Bonchev–Trinajstić information content (AvgIpc) is 2.85. The summed E-state index contributed by atoms with van der Waals surface area (Å²) >= 11 is 1.68. The van der Waals surface area contributed by atoms with Gasteiger partial charge in [-0.25, -0.2) is 0 Å². The molecule has 0 aliphatic rings. The minimum Gasteiger partial charge on any atom is -0.479 e. The van der Waals surface area contributed by atoms with E-state index in [1.54, 1.807) is 24.5 Å². The second kappa shape index (κ2) is 5.05. The molecule has 0 aliphatic heterocycles. The highest BCUT2D eigenvalue weighted by molar-refractivity contribution is 7.07. The lowest BCUT2D eigenvalue weighted by Gasteiger charge is -2.14. The Balaban J connectivity index is 2.13. The van der Waals surface area contributed by atoms with Crippen LogP contribution < -0.4 is 15.8 Å². The zero-order valence-corrected chi connectivity index (χ0v) is 10.6. The van der Waals surface area contributed by atoms with E-state index in [0.717, 1.165) is 5.82 Å². The Labute approximate surface area is 104 Å². The fraction of sp³-hybridized carbons (Fsp3) is 0.250. The Bertz CT molecular complexity index is 485. The summed E-state index contributed by atoms with van der Waals surface area (Å²) in [6.07, 6.45) is 0. The summed E-state index contributed by atoms with van der Waals surface area (Å²) in [5.41, 5.74) is 7.50. The molecule has 5 heteroatoms. The van der Waals surface area contributed by atoms with Crippen LogP contribution in [0.4, 0.5) is 11.5 Å². The van der Waals surface area contributed by atoms with Crippen molar-refractivity contribution in [2.75, 3.05) is 18.2 Å². The van der Waals surface area contributed by atoms with Crippen molar-refractivity contribution in [3.8, 4) is 5.88 Å². The van der Waals surface area contributed by atoms with E-state index in [0.29, 0.717) is 11.6 Å². The van der Waals surface area contributed by atoms with Gasteiger partial charge in [0.25, 0.3) is 0 Å². The van der Waals surface area contributed by atoms with Gasteiger partial charge in [0.05, 0.1) is 18.8 Å². The molecular formula is C12H15N3OS. The largest absolute Gasteiger partial charge is 0.479 e. The first kappa shape index (κ1) is 11.7. The molecule has 0 radical (unpaired) electrons. The molecule has 0 saturated heterocycles. The molecule has 1 unspecified atom stereocenters. The van der Waals surface area contributed by atoms with Crippen LogP contribution in [-0.4, -0.2) is 12.1 Å². The number of hydrogen-bond donors (Lipinski definition) is 2. The maximum Gasteiger partial charge on any atom is 0.238 e. The maximum atomic E-state index is 5.71. The van der Waals surface area contributed by atoms with Crippen molar-refractivity contribution in [2.45, 2.75) is 13.0 Å². The van der Waals surface area contributed by atoms with Gasteiger partial charge in [0.15, 0.2) is 0 Å². The number of ether oxygens (including phenoxy) is 1. The number of aromatic nitrogens is 1. The average molecular weight is 249 g/mol. The van der Waals surface area contributed by atoms with Gasteiger partial charge in [-0.2, -0.15) is 16.3 Å². The second-order valence-corrected chi connectivity index (χ2v) is 4.50. The van der Waals surface area contributed by atoms with Gasteiger partial charge in [-0.3, -0.25) is 0 Å². The van der Waals surface area contributed by atoms with E-state index >= 15 is 0 Å². The highest BCUT2D eigenvalue weighted by Crippen LogP contribution is 2.24. The van der Waals surface area contributed by atoms with Gasteiger partial charge in [-0.05, 0) is 41.4 Å². The Hall–Kier alpha value is -1.75. The quantitative estimate of drug-likeness (QED) is 0.874. The van der Waals surface area contributed by atoms with Gasteiger partial charge < -0.3 is 15.8 Å². The van der Waals surface area contributed by atoms with E-state index in [4.69, 9.17) is 10.5 Å². The van der Waals surface area contributed by atoms with Crippen LogP contribution in [-0.2, 0) is 0 Å². The maximum absolute atomic E-state index is 5.71. The molecule has 4 nitrogen and oxygen atoms in total. The molecule has 2 aromatic rings. The molecule has 3 N–H and O–H groups in total. The van der Waals surface area contributed by atoms with Gasteiger partial charge in [0.2, 0.25) is 5.88 Å². The number of nitrogens with zero attached hydrogens (tertiary/aromatic N) is 1. The first-order chi connectivity index (χ1) is 8.20. The van der Waals surface area contributed by atoms with E-state index in [2.05, 4.69) is 34.1 Å². The van der Waals surface area contributed by atoms with Crippen molar-refractivity contribution >= 4 is 22.8 Å². The van der Waals surface area contributed by atoms with Crippen LogP contribution in [0.5, 0.6) is 5.88 Å². The molecule has 90 valence electrons. The summed E-state index contributed by atoms with van der Waals surface area (Å²) in [5.74, 6) is 1.21. The molecule has 0 amide bonds. The van der Waals surface area contributed by atoms with Crippen LogP contribution in [0.2, 0.25) is 0 Å². The molecule has 0 saturated carbocycles. The van der Waals surface area contributed by atoms with Crippen molar-refractivity contribution in [1.29, 1.82) is 0 Å². The van der Waals surface area contributed by atoms with Crippen molar-refractivity contribution in [1.82, 2.24) is 4.98 Å². The van der Waals surface area contributed by atoms with Crippen LogP contribution in [0.3, 0.4) is 0 Å². The summed E-state index contributed by atoms with van der Waals surface area (Å²) in [4.78, 5) is 4.29. The summed E-state index contributed by atoms with van der Waals surface area (Å²) < 4.78 is 5.08. The lowest BCUT2D eigenvalue weighted by atomic mass is 10.2. The Morgan fingerprint density at radius 1 is 1.41 bits per heavy atom. The van der Waals surface area contributed by atoms with Gasteiger partial charge >= 0.3 is 0 Å². The van der Waals surface area contributed by atoms with Crippen molar-refractivity contribution in [3.63, 3.8) is 0 Å². The summed E-state index contributed by atoms with van der Waals surface area (Å²) in [5, 5.41) is 7.48. The van der Waals surface area contributed by atoms with Crippen LogP contribution in [0.25, 0.3) is 0 Å². The Morgan fingerprint density at radius 2 is 2.24 bits per heavy atom. The summed E-state index contributed by atoms with van der Waals surface area (Å²) in [7, 11) is 1.56. The number of nitrogens with two attached hydrogens (primary N) is 1. The molecule has 2 heterocycles. The van der Waals surface area contributed by atoms with E-state index in [-0.39, 0.29) is 6.04 Å². The van der Waals surface area contributed by atoms with Crippen LogP contribution in [0, 0.1) is 0 Å². The minimum absolute atomic E-state index is 0.210. The number of nitrogens with one attached hydrogen (secondary N) is 1. The number of pyridine rings is 1. The van der Waals surface area contributed by atoms with E-state index < -0.39 is 0 Å². The first-order valence-electron chi connectivity index (χ1n) is 5.30. The predicted octanol–water partition coefficient (Wildman–Crippen LogP) is 2.91.